The Morgan fingerprint density at radius 1 is 0.903 bits per heavy atom. The molecule has 0 radical (unpaired) electrons. The molecule has 2 aliphatic heterocycles. The second kappa shape index (κ2) is 10.1. The standard InChI is InChI=1S/C24H32FN5O/c25-21-5-7-22(8-6-21)29-13-15-30(16-14-29)24(26)27-17-19-1-3-20(4-2-19)18-28-11-9-23(31)10-12-28/h1-8,23,31H,9-18H2,(H2,26,27). The van der Waals surface area contributed by atoms with Gasteiger partial charge in [0.2, 0.25) is 0 Å². The van der Waals surface area contributed by atoms with E-state index in [4.69, 9.17) is 5.73 Å². The molecule has 2 aromatic carbocycles. The fraction of sp³-hybridized carbons (Fsp3) is 0.458. The SMILES string of the molecule is NC(=NCc1ccc(CN2CCC(O)CC2)cc1)N1CCN(c2ccc(F)cc2)CC1. The van der Waals surface area contributed by atoms with Gasteiger partial charge in [0.05, 0.1) is 12.6 Å². The summed E-state index contributed by atoms with van der Waals surface area (Å²) in [6.07, 6.45) is 1.60. The van der Waals surface area contributed by atoms with Gasteiger partial charge in [-0.2, -0.15) is 0 Å². The lowest BCUT2D eigenvalue weighted by Crippen LogP contribution is -2.51. The molecule has 2 saturated heterocycles. The van der Waals surface area contributed by atoms with Crippen LogP contribution in [-0.2, 0) is 13.1 Å². The number of anilines is 1. The van der Waals surface area contributed by atoms with Crippen LogP contribution in [0.2, 0.25) is 0 Å². The van der Waals surface area contributed by atoms with Gasteiger partial charge in [-0.1, -0.05) is 24.3 Å². The molecule has 166 valence electrons. The maximum Gasteiger partial charge on any atom is 0.191 e. The first-order valence-corrected chi connectivity index (χ1v) is 11.1. The minimum atomic E-state index is -0.210. The number of likely N-dealkylation sites (tertiary alicyclic amines) is 1. The molecule has 4 rings (SSSR count). The highest BCUT2D eigenvalue weighted by Crippen LogP contribution is 2.17. The van der Waals surface area contributed by atoms with Crippen molar-refractivity contribution in [2.45, 2.75) is 32.0 Å². The van der Waals surface area contributed by atoms with Crippen LogP contribution in [0.25, 0.3) is 0 Å². The van der Waals surface area contributed by atoms with Crippen molar-refractivity contribution in [2.75, 3.05) is 44.2 Å². The Balaban J connectivity index is 1.24. The molecule has 2 fully saturated rings. The molecule has 0 aromatic heterocycles. The molecule has 0 aliphatic carbocycles. The zero-order valence-electron chi connectivity index (χ0n) is 18.0. The topological polar surface area (TPSA) is 68.3 Å². The van der Waals surface area contributed by atoms with Gasteiger partial charge in [0.1, 0.15) is 5.82 Å². The molecule has 0 bridgehead atoms. The lowest BCUT2D eigenvalue weighted by molar-refractivity contribution is 0.0792. The van der Waals surface area contributed by atoms with Crippen molar-refractivity contribution >= 4 is 11.6 Å². The summed E-state index contributed by atoms with van der Waals surface area (Å²) in [6, 6.07) is 15.2. The van der Waals surface area contributed by atoms with E-state index in [1.54, 1.807) is 0 Å². The summed E-state index contributed by atoms with van der Waals surface area (Å²) in [5.41, 5.74) is 9.72. The maximum atomic E-state index is 13.1. The number of nitrogens with two attached hydrogens (primary N) is 1. The van der Waals surface area contributed by atoms with Crippen molar-refractivity contribution < 1.29 is 9.50 Å². The molecule has 0 spiro atoms. The number of aliphatic imine (C=N–C) groups is 1. The summed E-state index contributed by atoms with van der Waals surface area (Å²) in [4.78, 5) is 11.3. The molecule has 0 unspecified atom stereocenters. The molecular formula is C24H32FN5O. The number of nitrogens with zero attached hydrogens (tertiary/aromatic N) is 4. The Labute approximate surface area is 183 Å². The predicted octanol–water partition coefficient (Wildman–Crippen LogP) is 2.42. The average molecular weight is 426 g/mol. The molecule has 0 saturated carbocycles. The molecule has 6 nitrogen and oxygen atoms in total. The minimum Gasteiger partial charge on any atom is -0.393 e. The van der Waals surface area contributed by atoms with Crippen molar-refractivity contribution in [3.05, 3.63) is 65.5 Å². The van der Waals surface area contributed by atoms with Crippen LogP contribution in [0.15, 0.2) is 53.5 Å². The molecule has 3 N–H and O–H groups in total. The van der Waals surface area contributed by atoms with Gasteiger partial charge in [-0.15, -0.1) is 0 Å². The quantitative estimate of drug-likeness (QED) is 0.569. The minimum absolute atomic E-state index is 0.132. The molecule has 0 amide bonds. The number of benzene rings is 2. The third-order valence-electron chi connectivity index (χ3n) is 6.21. The highest BCUT2D eigenvalue weighted by Gasteiger charge is 2.19. The second-order valence-corrected chi connectivity index (χ2v) is 8.45. The van der Waals surface area contributed by atoms with Gasteiger partial charge in [0.15, 0.2) is 5.96 Å². The predicted molar refractivity (Wildman–Crippen MR) is 122 cm³/mol. The Bertz CT molecular complexity index is 855. The van der Waals surface area contributed by atoms with E-state index < -0.39 is 0 Å². The van der Waals surface area contributed by atoms with E-state index in [1.807, 2.05) is 12.1 Å². The molecule has 7 heteroatoms. The van der Waals surface area contributed by atoms with Crippen molar-refractivity contribution in [1.29, 1.82) is 0 Å². The van der Waals surface area contributed by atoms with E-state index >= 15 is 0 Å². The van der Waals surface area contributed by atoms with Crippen LogP contribution in [0.1, 0.15) is 24.0 Å². The first kappa shape index (κ1) is 21.6. The third kappa shape index (κ3) is 5.95. The van der Waals surface area contributed by atoms with Crippen LogP contribution < -0.4 is 10.6 Å². The largest absolute Gasteiger partial charge is 0.393 e. The number of hydrogen-bond donors (Lipinski definition) is 2. The van der Waals surface area contributed by atoms with Gasteiger partial charge in [-0.05, 0) is 48.2 Å². The summed E-state index contributed by atoms with van der Waals surface area (Å²) in [6.45, 7) is 6.69. The third-order valence-corrected chi connectivity index (χ3v) is 6.21. The van der Waals surface area contributed by atoms with Crippen molar-refractivity contribution in [1.82, 2.24) is 9.80 Å². The first-order chi connectivity index (χ1) is 15.1. The van der Waals surface area contributed by atoms with Crippen LogP contribution in [-0.4, -0.2) is 66.2 Å². The number of hydrogen-bond acceptors (Lipinski definition) is 4. The van der Waals surface area contributed by atoms with E-state index in [0.717, 1.165) is 69.9 Å². The summed E-state index contributed by atoms with van der Waals surface area (Å²) in [5.74, 6) is 0.368. The van der Waals surface area contributed by atoms with E-state index in [2.05, 4.69) is 44.0 Å². The molecule has 2 heterocycles. The normalized spacial score (nSPS) is 19.1. The lowest BCUT2D eigenvalue weighted by atomic mass is 10.1. The summed E-state index contributed by atoms with van der Waals surface area (Å²) < 4.78 is 13.1. The van der Waals surface area contributed by atoms with E-state index in [9.17, 15) is 9.50 Å². The molecule has 2 aliphatic rings. The highest BCUT2D eigenvalue weighted by molar-refractivity contribution is 5.78. The monoisotopic (exact) mass is 425 g/mol. The van der Waals surface area contributed by atoms with Crippen molar-refractivity contribution in [3.8, 4) is 0 Å². The summed E-state index contributed by atoms with van der Waals surface area (Å²) in [7, 11) is 0. The number of rotatable bonds is 5. The number of piperidine rings is 1. The van der Waals surface area contributed by atoms with Crippen LogP contribution in [0.5, 0.6) is 0 Å². The molecule has 31 heavy (non-hydrogen) atoms. The Kier molecular flexibility index (Phi) is 7.04. The van der Waals surface area contributed by atoms with Crippen LogP contribution >= 0.6 is 0 Å². The van der Waals surface area contributed by atoms with Gasteiger partial charge in [-0.25, -0.2) is 9.38 Å². The Morgan fingerprint density at radius 3 is 2.16 bits per heavy atom. The second-order valence-electron chi connectivity index (χ2n) is 8.45. The molecule has 0 atom stereocenters. The van der Waals surface area contributed by atoms with E-state index in [1.165, 1.54) is 17.7 Å². The van der Waals surface area contributed by atoms with Crippen molar-refractivity contribution in [2.24, 2.45) is 10.7 Å². The van der Waals surface area contributed by atoms with Crippen LogP contribution in [0.3, 0.4) is 0 Å². The number of aliphatic hydroxyl groups is 1. The van der Waals surface area contributed by atoms with E-state index in [0.29, 0.717) is 12.5 Å². The van der Waals surface area contributed by atoms with Crippen LogP contribution in [0, 0.1) is 5.82 Å². The zero-order chi connectivity index (χ0) is 21.6. The van der Waals surface area contributed by atoms with Gasteiger partial charge in [-0.3, -0.25) is 4.90 Å². The summed E-state index contributed by atoms with van der Waals surface area (Å²) in [5, 5.41) is 9.63. The van der Waals surface area contributed by atoms with Gasteiger partial charge < -0.3 is 20.6 Å². The number of guanidine groups is 1. The van der Waals surface area contributed by atoms with Gasteiger partial charge in [0.25, 0.3) is 0 Å². The average Bonchev–Trinajstić information content (AvgIpc) is 2.80. The maximum absolute atomic E-state index is 13.1. The van der Waals surface area contributed by atoms with E-state index in [-0.39, 0.29) is 11.9 Å². The van der Waals surface area contributed by atoms with Gasteiger partial charge in [0, 0.05) is 51.5 Å². The van der Waals surface area contributed by atoms with Gasteiger partial charge >= 0.3 is 0 Å². The number of aliphatic hydroxyl groups excluding tert-OH is 1. The lowest BCUT2D eigenvalue weighted by Gasteiger charge is -2.36. The first-order valence-electron chi connectivity index (χ1n) is 11.1. The highest BCUT2D eigenvalue weighted by atomic mass is 19.1. The Morgan fingerprint density at radius 2 is 1.52 bits per heavy atom. The fourth-order valence-corrected chi connectivity index (χ4v) is 4.20. The Hall–Kier alpha value is -2.64. The van der Waals surface area contributed by atoms with Crippen molar-refractivity contribution in [3.63, 3.8) is 0 Å². The molecular weight excluding hydrogens is 393 g/mol. The number of halogens is 1. The number of piperazine rings is 1. The smallest absolute Gasteiger partial charge is 0.191 e. The van der Waals surface area contributed by atoms with Crippen LogP contribution in [0.4, 0.5) is 10.1 Å². The zero-order valence-corrected chi connectivity index (χ0v) is 18.0. The summed E-state index contributed by atoms with van der Waals surface area (Å²) >= 11 is 0. The molecule has 2 aromatic rings. The fourth-order valence-electron chi connectivity index (χ4n) is 4.20.